The average Bonchev–Trinajstić information content (AvgIpc) is 3.00. The van der Waals surface area contributed by atoms with E-state index in [9.17, 15) is 0 Å². The molecule has 1 spiro atoms. The van der Waals surface area contributed by atoms with Gasteiger partial charge in [0.1, 0.15) is 0 Å². The van der Waals surface area contributed by atoms with Crippen LogP contribution >= 0.6 is 0 Å². The summed E-state index contributed by atoms with van der Waals surface area (Å²) in [6, 6.07) is 111. The van der Waals surface area contributed by atoms with Gasteiger partial charge in [-0.2, -0.15) is 0 Å². The molecule has 0 amide bonds. The molecule has 372 valence electrons. The molecule has 2 aliphatic carbocycles. The van der Waals surface area contributed by atoms with Crippen LogP contribution < -0.4 is 9.80 Å². The van der Waals surface area contributed by atoms with Crippen LogP contribution in [0.25, 0.3) is 22.3 Å². The van der Waals surface area contributed by atoms with E-state index >= 15 is 0 Å². The predicted molar refractivity (Wildman–Crippen MR) is 325 cm³/mol. The van der Waals surface area contributed by atoms with Gasteiger partial charge in [0.05, 0.1) is 39.0 Å². The van der Waals surface area contributed by atoms with Gasteiger partial charge in [-0.25, -0.2) is 0 Å². The lowest BCUT2D eigenvalue weighted by atomic mass is 9.61. The topological polar surface area (TPSA) is 6.48 Å². The van der Waals surface area contributed by atoms with Crippen molar-refractivity contribution in [3.63, 3.8) is 0 Å². The molecular formula is C77H54N2. The molecule has 0 fully saturated rings. The first-order valence-corrected chi connectivity index (χ1v) is 27.7. The van der Waals surface area contributed by atoms with Gasteiger partial charge in [0, 0.05) is 11.4 Å². The molecule has 0 radical (unpaired) electrons. The van der Waals surface area contributed by atoms with E-state index in [1.54, 1.807) is 0 Å². The van der Waals surface area contributed by atoms with Crippen molar-refractivity contribution < 1.29 is 0 Å². The monoisotopic (exact) mass is 1010 g/mol. The molecule has 2 aliphatic heterocycles. The van der Waals surface area contributed by atoms with Crippen molar-refractivity contribution in [3.05, 3.63) is 369 Å². The van der Waals surface area contributed by atoms with Crippen LogP contribution in [0.3, 0.4) is 0 Å². The van der Waals surface area contributed by atoms with Crippen LogP contribution in [0.4, 0.5) is 34.1 Å². The van der Waals surface area contributed by atoms with Gasteiger partial charge in [-0.05, 0) is 164 Å². The summed E-state index contributed by atoms with van der Waals surface area (Å²) in [6.45, 7) is 4.49. The molecule has 12 aromatic carbocycles. The minimum absolute atomic E-state index is 0.696. The van der Waals surface area contributed by atoms with Gasteiger partial charge in [-0.3, -0.25) is 0 Å². The number of fused-ring (bicyclic) bond motifs is 14. The van der Waals surface area contributed by atoms with E-state index in [4.69, 9.17) is 0 Å². The van der Waals surface area contributed by atoms with E-state index in [0.717, 1.165) is 11.4 Å². The number of hydrogen-bond donors (Lipinski definition) is 0. The Kier molecular flexibility index (Phi) is 9.85. The number of para-hydroxylation sites is 2. The smallest absolute Gasteiger partial charge is 0.0742 e. The van der Waals surface area contributed by atoms with Crippen LogP contribution in [-0.4, -0.2) is 0 Å². The standard InChI is InChI=1S/C77H54N2/c1-51-41-43-71-67(45-51)75(53-25-9-3-10-26-53,54-27-11-4-12-28-54)69-47-61-62-48-70-74(79(58-35-19-8-20-36-58)72-44-42-52(2)46-68(72)76(70,55-29-13-5-14-30-55)56-31-15-6-16-32-56)50-66(62)77(65(61)49-73(69)78(71)57-33-17-7-18-34-57)63-39-23-21-37-59(63)60-38-22-24-40-64(60)77/h3-50H,1-2H3. The third-order valence-corrected chi connectivity index (χ3v) is 18.1. The zero-order valence-corrected chi connectivity index (χ0v) is 44.1. The third-order valence-electron chi connectivity index (χ3n) is 18.1. The molecule has 0 bridgehead atoms. The summed E-state index contributed by atoms with van der Waals surface area (Å²) >= 11 is 0. The minimum Gasteiger partial charge on any atom is -0.310 e. The second-order valence-electron chi connectivity index (χ2n) is 22.0. The first-order valence-electron chi connectivity index (χ1n) is 27.7. The van der Waals surface area contributed by atoms with Gasteiger partial charge in [0.2, 0.25) is 0 Å². The molecule has 16 rings (SSSR count). The van der Waals surface area contributed by atoms with Crippen molar-refractivity contribution >= 4 is 34.1 Å². The van der Waals surface area contributed by atoms with E-state index in [2.05, 4.69) is 315 Å². The minimum atomic E-state index is -0.715. The maximum atomic E-state index is 2.65. The van der Waals surface area contributed by atoms with Crippen molar-refractivity contribution in [1.82, 2.24) is 0 Å². The molecule has 79 heavy (non-hydrogen) atoms. The first-order chi connectivity index (χ1) is 39.0. The Morgan fingerprint density at radius 3 is 0.873 bits per heavy atom. The molecule has 2 heteroatoms. The Balaban J connectivity index is 1.13. The quantitative estimate of drug-likeness (QED) is 0.164. The zero-order valence-electron chi connectivity index (χ0n) is 44.1. The fraction of sp³-hybridized carbons (Fsp3) is 0.0649. The van der Waals surface area contributed by atoms with Crippen molar-refractivity contribution in [2.24, 2.45) is 0 Å². The second-order valence-corrected chi connectivity index (χ2v) is 22.0. The molecule has 0 saturated heterocycles. The molecular weight excluding hydrogens is 953 g/mol. The van der Waals surface area contributed by atoms with Crippen molar-refractivity contribution in [1.29, 1.82) is 0 Å². The highest BCUT2D eigenvalue weighted by molar-refractivity contribution is 6.02. The lowest BCUT2D eigenvalue weighted by Gasteiger charge is -2.47. The number of benzene rings is 12. The van der Waals surface area contributed by atoms with E-state index in [-0.39, 0.29) is 0 Å². The Hall–Kier alpha value is -9.76. The van der Waals surface area contributed by atoms with E-state index in [1.807, 2.05) is 0 Å². The average molecular weight is 1010 g/mol. The summed E-state index contributed by atoms with van der Waals surface area (Å²) in [6.07, 6.45) is 0. The van der Waals surface area contributed by atoms with Gasteiger partial charge >= 0.3 is 0 Å². The van der Waals surface area contributed by atoms with Crippen molar-refractivity contribution in [3.8, 4) is 22.3 Å². The second kappa shape index (κ2) is 17.1. The summed E-state index contributed by atoms with van der Waals surface area (Å²) in [4.78, 5) is 5.13. The summed E-state index contributed by atoms with van der Waals surface area (Å²) in [5.74, 6) is 0. The van der Waals surface area contributed by atoms with Crippen molar-refractivity contribution in [2.75, 3.05) is 9.80 Å². The molecule has 0 unspecified atom stereocenters. The molecule has 4 aliphatic rings. The van der Waals surface area contributed by atoms with Crippen molar-refractivity contribution in [2.45, 2.75) is 30.1 Å². The predicted octanol–water partition coefficient (Wildman–Crippen LogP) is 19.0. The van der Waals surface area contributed by atoms with Crippen LogP contribution in [0.5, 0.6) is 0 Å². The molecule has 0 N–H and O–H groups in total. The van der Waals surface area contributed by atoms with E-state index in [1.165, 1.54) is 123 Å². The number of rotatable bonds is 6. The molecule has 0 atom stereocenters. The van der Waals surface area contributed by atoms with Crippen LogP contribution in [0, 0.1) is 13.8 Å². The van der Waals surface area contributed by atoms with Crippen LogP contribution in [0.2, 0.25) is 0 Å². The number of hydrogen-bond acceptors (Lipinski definition) is 2. The summed E-state index contributed by atoms with van der Waals surface area (Å²) in [5.41, 5.74) is 27.4. The summed E-state index contributed by atoms with van der Waals surface area (Å²) in [7, 11) is 0. The normalized spacial score (nSPS) is 15.0. The fourth-order valence-corrected chi connectivity index (χ4v) is 15.1. The molecule has 0 aromatic heterocycles. The molecule has 2 heterocycles. The van der Waals surface area contributed by atoms with Gasteiger partial charge in [-0.1, -0.05) is 242 Å². The maximum absolute atomic E-state index is 2.65. The lowest BCUT2D eigenvalue weighted by Crippen LogP contribution is -2.38. The van der Waals surface area contributed by atoms with Gasteiger partial charge in [0.15, 0.2) is 0 Å². The highest BCUT2D eigenvalue weighted by atomic mass is 15.2. The Bertz CT molecular complexity index is 4010. The highest BCUT2D eigenvalue weighted by Gasteiger charge is 2.57. The maximum Gasteiger partial charge on any atom is 0.0742 e. The third kappa shape index (κ3) is 6.06. The highest BCUT2D eigenvalue weighted by Crippen LogP contribution is 2.69. The number of nitrogens with zero attached hydrogens (tertiary/aromatic N) is 2. The Morgan fingerprint density at radius 1 is 0.215 bits per heavy atom. The van der Waals surface area contributed by atoms with Gasteiger partial charge < -0.3 is 9.80 Å². The number of aryl methyl sites for hydroxylation is 2. The zero-order chi connectivity index (χ0) is 52.5. The fourth-order valence-electron chi connectivity index (χ4n) is 15.1. The number of anilines is 6. The first kappa shape index (κ1) is 45.4. The Morgan fingerprint density at radius 2 is 0.519 bits per heavy atom. The SMILES string of the molecule is Cc1ccc2c(c1)C(c1ccccc1)(c1ccccc1)c1cc3c(cc1N2c1ccccc1)C1(c2ccccc2-c2ccccc21)c1cc2c(cc1-3)C(c1ccccc1)(c1ccccc1)c1cc(C)ccc1N2c1ccccc1. The molecule has 2 nitrogen and oxygen atoms in total. The molecule has 12 aromatic rings. The van der Waals surface area contributed by atoms with E-state index in [0.29, 0.717) is 0 Å². The van der Waals surface area contributed by atoms with E-state index < -0.39 is 16.2 Å². The molecule has 0 saturated carbocycles. The Labute approximate surface area is 462 Å². The van der Waals surface area contributed by atoms with Gasteiger partial charge in [0.25, 0.3) is 0 Å². The van der Waals surface area contributed by atoms with Crippen LogP contribution in [-0.2, 0) is 16.2 Å². The summed E-state index contributed by atoms with van der Waals surface area (Å²) < 4.78 is 0. The lowest BCUT2D eigenvalue weighted by molar-refractivity contribution is 0.725. The van der Waals surface area contributed by atoms with Crippen LogP contribution in [0.15, 0.2) is 291 Å². The summed E-state index contributed by atoms with van der Waals surface area (Å²) in [5, 5.41) is 0. The van der Waals surface area contributed by atoms with Gasteiger partial charge in [-0.15, -0.1) is 0 Å². The largest absolute Gasteiger partial charge is 0.310 e. The van der Waals surface area contributed by atoms with Crippen LogP contribution in [0.1, 0.15) is 77.9 Å².